The summed E-state index contributed by atoms with van der Waals surface area (Å²) in [4.78, 5) is 15.0. The lowest BCUT2D eigenvalue weighted by Crippen LogP contribution is -2.40. The van der Waals surface area contributed by atoms with Gasteiger partial charge >= 0.3 is 0 Å². The van der Waals surface area contributed by atoms with Crippen LogP contribution in [0.5, 0.6) is 0 Å². The minimum absolute atomic E-state index is 0.0560. The van der Waals surface area contributed by atoms with Gasteiger partial charge in [0.15, 0.2) is 21.3 Å². The summed E-state index contributed by atoms with van der Waals surface area (Å²) in [5, 5.41) is 3.91. The topological polar surface area (TPSA) is 80.5 Å². The van der Waals surface area contributed by atoms with E-state index in [1.54, 1.807) is 24.0 Å². The van der Waals surface area contributed by atoms with Crippen molar-refractivity contribution >= 4 is 15.7 Å². The molecule has 1 aliphatic rings. The predicted octanol–water partition coefficient (Wildman–Crippen LogP) is 4.74. The highest BCUT2D eigenvalue weighted by molar-refractivity contribution is 7.91. The Morgan fingerprint density at radius 1 is 1.18 bits per heavy atom. The number of carbonyl (C=O) groups is 1. The fourth-order valence-corrected chi connectivity index (χ4v) is 5.73. The first kappa shape index (κ1) is 23.2. The van der Waals surface area contributed by atoms with E-state index in [0.717, 1.165) is 5.56 Å². The summed E-state index contributed by atoms with van der Waals surface area (Å²) < 4.78 is 43.5. The molecule has 0 bridgehead atoms. The van der Waals surface area contributed by atoms with E-state index in [-0.39, 0.29) is 35.3 Å². The van der Waals surface area contributed by atoms with Crippen molar-refractivity contribution in [3.63, 3.8) is 0 Å². The number of aryl methyl sites for hydroxylation is 1. The van der Waals surface area contributed by atoms with E-state index in [0.29, 0.717) is 23.5 Å². The number of benzene rings is 2. The molecule has 1 aliphatic heterocycles. The van der Waals surface area contributed by atoms with Gasteiger partial charge in [-0.2, -0.15) is 0 Å². The van der Waals surface area contributed by atoms with Crippen LogP contribution in [-0.2, 0) is 16.4 Å². The molecule has 174 valence electrons. The molecule has 1 atom stereocenters. The number of rotatable bonds is 6. The standard InChI is InChI=1S/C25H27FN2O4S/c1-16(2)19-8-5-18(6-9-19)14-28(21-10-11-33(30,31)15-21)25(29)23-13-24(32-27-23)20-7-4-17(3)22(26)12-20/h4-9,12-13,16,21H,10-11,14-15H2,1-3H3/t21-/m1/s1. The van der Waals surface area contributed by atoms with Gasteiger partial charge in [-0.1, -0.05) is 55.4 Å². The Bertz CT molecular complexity index is 1270. The molecule has 1 aromatic heterocycles. The smallest absolute Gasteiger partial charge is 0.276 e. The average molecular weight is 471 g/mol. The van der Waals surface area contributed by atoms with Gasteiger partial charge in [-0.25, -0.2) is 12.8 Å². The zero-order chi connectivity index (χ0) is 23.8. The van der Waals surface area contributed by atoms with Crippen LogP contribution in [0.4, 0.5) is 4.39 Å². The monoisotopic (exact) mass is 470 g/mol. The maximum absolute atomic E-state index is 14.0. The van der Waals surface area contributed by atoms with Gasteiger partial charge in [-0.3, -0.25) is 4.79 Å². The van der Waals surface area contributed by atoms with Gasteiger partial charge in [0.05, 0.1) is 11.5 Å². The van der Waals surface area contributed by atoms with E-state index in [9.17, 15) is 17.6 Å². The number of sulfone groups is 1. The molecule has 8 heteroatoms. The summed E-state index contributed by atoms with van der Waals surface area (Å²) >= 11 is 0. The van der Waals surface area contributed by atoms with Gasteiger partial charge in [0, 0.05) is 24.2 Å². The number of hydrogen-bond donors (Lipinski definition) is 0. The molecule has 6 nitrogen and oxygen atoms in total. The Morgan fingerprint density at radius 3 is 2.52 bits per heavy atom. The summed E-state index contributed by atoms with van der Waals surface area (Å²) in [6, 6.07) is 13.7. The van der Waals surface area contributed by atoms with Crippen molar-refractivity contribution in [2.75, 3.05) is 11.5 Å². The third kappa shape index (κ3) is 5.16. The third-order valence-electron chi connectivity index (χ3n) is 6.09. The summed E-state index contributed by atoms with van der Waals surface area (Å²) in [6.45, 7) is 6.14. The van der Waals surface area contributed by atoms with Crippen LogP contribution < -0.4 is 0 Å². The molecule has 2 aromatic carbocycles. The molecule has 0 unspecified atom stereocenters. The van der Waals surface area contributed by atoms with Gasteiger partial charge < -0.3 is 9.42 Å². The van der Waals surface area contributed by atoms with E-state index >= 15 is 0 Å². The van der Waals surface area contributed by atoms with Crippen molar-refractivity contribution in [1.82, 2.24) is 10.1 Å². The molecule has 4 rings (SSSR count). The fraction of sp³-hybridized carbons (Fsp3) is 0.360. The van der Waals surface area contributed by atoms with Crippen LogP contribution in [-0.4, -0.2) is 41.9 Å². The quantitative estimate of drug-likeness (QED) is 0.520. The van der Waals surface area contributed by atoms with Gasteiger partial charge in [0.2, 0.25) is 0 Å². The number of aromatic nitrogens is 1. The fourth-order valence-electron chi connectivity index (χ4n) is 4.00. The van der Waals surface area contributed by atoms with Gasteiger partial charge in [-0.05, 0) is 42.0 Å². The summed E-state index contributed by atoms with van der Waals surface area (Å²) in [5.41, 5.74) is 3.14. The van der Waals surface area contributed by atoms with Crippen LogP contribution in [0.3, 0.4) is 0 Å². The number of nitrogens with zero attached hydrogens (tertiary/aromatic N) is 2. The number of carbonyl (C=O) groups excluding carboxylic acids is 1. The molecule has 3 aromatic rings. The molecule has 1 amide bonds. The lowest BCUT2D eigenvalue weighted by Gasteiger charge is -2.27. The largest absolute Gasteiger partial charge is 0.355 e. The second kappa shape index (κ2) is 9.09. The number of amides is 1. The van der Waals surface area contributed by atoms with Crippen LogP contribution in [0.15, 0.2) is 53.1 Å². The Hall–Kier alpha value is -3.00. The van der Waals surface area contributed by atoms with E-state index in [1.807, 2.05) is 24.3 Å². The zero-order valence-electron chi connectivity index (χ0n) is 18.9. The van der Waals surface area contributed by atoms with Crippen LogP contribution in [0, 0.1) is 12.7 Å². The van der Waals surface area contributed by atoms with Crippen LogP contribution in [0.1, 0.15) is 53.4 Å². The first-order valence-electron chi connectivity index (χ1n) is 11.0. The normalized spacial score (nSPS) is 17.4. The van der Waals surface area contributed by atoms with Crippen LogP contribution in [0.25, 0.3) is 11.3 Å². The zero-order valence-corrected chi connectivity index (χ0v) is 19.7. The molecule has 33 heavy (non-hydrogen) atoms. The van der Waals surface area contributed by atoms with Crippen molar-refractivity contribution < 1.29 is 22.1 Å². The summed E-state index contributed by atoms with van der Waals surface area (Å²) in [5.74, 6) is -0.140. The third-order valence-corrected chi connectivity index (χ3v) is 7.85. The van der Waals surface area contributed by atoms with Crippen LogP contribution >= 0.6 is 0 Å². The van der Waals surface area contributed by atoms with Gasteiger partial charge in [0.1, 0.15) is 5.82 Å². The van der Waals surface area contributed by atoms with Gasteiger partial charge in [-0.15, -0.1) is 0 Å². The molecule has 0 radical (unpaired) electrons. The van der Waals surface area contributed by atoms with E-state index in [2.05, 4.69) is 19.0 Å². The average Bonchev–Trinajstić information content (AvgIpc) is 3.40. The van der Waals surface area contributed by atoms with E-state index < -0.39 is 21.8 Å². The Balaban J connectivity index is 1.62. The Morgan fingerprint density at radius 2 is 1.91 bits per heavy atom. The summed E-state index contributed by atoms with van der Waals surface area (Å²) in [6.07, 6.45) is 0.381. The van der Waals surface area contributed by atoms with E-state index in [4.69, 9.17) is 4.52 Å². The first-order chi connectivity index (χ1) is 15.6. The Labute approximate surface area is 193 Å². The highest BCUT2D eigenvalue weighted by Gasteiger charge is 2.36. The SMILES string of the molecule is Cc1ccc(-c2cc(C(=O)N(Cc3ccc(C(C)C)cc3)[C@@H]3CCS(=O)(=O)C3)no2)cc1F. The second-order valence-electron chi connectivity index (χ2n) is 8.93. The highest BCUT2D eigenvalue weighted by Crippen LogP contribution is 2.26. The lowest BCUT2D eigenvalue weighted by molar-refractivity contribution is 0.0670. The number of hydrogen-bond acceptors (Lipinski definition) is 5. The van der Waals surface area contributed by atoms with Crippen molar-refractivity contribution in [3.05, 3.63) is 76.7 Å². The molecule has 2 heterocycles. The lowest BCUT2D eigenvalue weighted by atomic mass is 10.0. The van der Waals surface area contributed by atoms with Gasteiger partial charge in [0.25, 0.3) is 5.91 Å². The molecule has 1 fully saturated rings. The molecule has 0 aliphatic carbocycles. The molecule has 1 saturated heterocycles. The summed E-state index contributed by atoms with van der Waals surface area (Å²) in [7, 11) is -3.19. The first-order valence-corrected chi connectivity index (χ1v) is 12.8. The molecule has 0 saturated carbocycles. The Kier molecular flexibility index (Phi) is 6.38. The maximum Gasteiger partial charge on any atom is 0.276 e. The molecule has 0 spiro atoms. The molecular formula is C25H27FN2O4S. The van der Waals surface area contributed by atoms with Crippen molar-refractivity contribution in [1.29, 1.82) is 0 Å². The minimum Gasteiger partial charge on any atom is -0.355 e. The minimum atomic E-state index is -3.19. The molecule has 0 N–H and O–H groups in total. The molecular weight excluding hydrogens is 443 g/mol. The van der Waals surface area contributed by atoms with Crippen molar-refractivity contribution in [2.24, 2.45) is 0 Å². The van der Waals surface area contributed by atoms with Crippen molar-refractivity contribution in [3.8, 4) is 11.3 Å². The number of halogens is 1. The van der Waals surface area contributed by atoms with Crippen LogP contribution in [0.2, 0.25) is 0 Å². The van der Waals surface area contributed by atoms with Crippen molar-refractivity contribution in [2.45, 2.75) is 45.7 Å². The predicted molar refractivity (Wildman–Crippen MR) is 124 cm³/mol. The second-order valence-corrected chi connectivity index (χ2v) is 11.2. The highest BCUT2D eigenvalue weighted by atomic mass is 32.2. The maximum atomic E-state index is 14.0. The van der Waals surface area contributed by atoms with E-state index in [1.165, 1.54) is 17.7 Å².